The van der Waals surface area contributed by atoms with Gasteiger partial charge in [-0.25, -0.2) is 4.39 Å². The molecule has 2 aromatic rings. The van der Waals surface area contributed by atoms with E-state index in [4.69, 9.17) is 0 Å². The molecule has 2 nitrogen and oxygen atoms in total. The van der Waals surface area contributed by atoms with Crippen molar-refractivity contribution in [2.24, 2.45) is 0 Å². The number of carbonyl (C=O) groups excluding carboxylic acids is 1. The van der Waals surface area contributed by atoms with Gasteiger partial charge >= 0.3 is 0 Å². The zero-order chi connectivity index (χ0) is 15.5. The Hall–Kier alpha value is -1.20. The average molecular weight is 415 g/mol. The molecule has 110 valence electrons. The van der Waals surface area contributed by atoms with Crippen molar-refractivity contribution in [2.45, 2.75) is 12.5 Å². The van der Waals surface area contributed by atoms with Crippen molar-refractivity contribution in [2.75, 3.05) is 5.33 Å². The van der Waals surface area contributed by atoms with Gasteiger partial charge in [0.2, 0.25) is 0 Å². The summed E-state index contributed by atoms with van der Waals surface area (Å²) in [6.07, 6.45) is 0. The van der Waals surface area contributed by atoms with Crippen LogP contribution in [0.5, 0.6) is 0 Å². The molecule has 0 fully saturated rings. The van der Waals surface area contributed by atoms with E-state index in [1.807, 2.05) is 37.3 Å². The molecule has 0 aromatic heterocycles. The van der Waals surface area contributed by atoms with E-state index < -0.39 is 17.3 Å². The second-order valence-corrected chi connectivity index (χ2v) is 6.30. The van der Waals surface area contributed by atoms with Gasteiger partial charge < -0.3 is 5.32 Å². The number of nitrogens with one attached hydrogen (secondary N) is 1. The summed E-state index contributed by atoms with van der Waals surface area (Å²) >= 11 is 6.65. The lowest BCUT2D eigenvalue weighted by Crippen LogP contribution is -2.45. The lowest BCUT2D eigenvalue weighted by atomic mass is 9.94. The van der Waals surface area contributed by atoms with Gasteiger partial charge in [-0.3, -0.25) is 4.79 Å². The third kappa shape index (κ3) is 3.52. The average Bonchev–Trinajstić information content (AvgIpc) is 2.48. The van der Waals surface area contributed by atoms with Crippen molar-refractivity contribution in [3.63, 3.8) is 0 Å². The molecule has 0 saturated carbocycles. The van der Waals surface area contributed by atoms with Crippen LogP contribution in [0, 0.1) is 5.82 Å². The van der Waals surface area contributed by atoms with Gasteiger partial charge in [0.1, 0.15) is 5.82 Å². The van der Waals surface area contributed by atoms with E-state index in [1.54, 1.807) is 12.1 Å². The lowest BCUT2D eigenvalue weighted by Gasteiger charge is -2.29. The number of rotatable bonds is 4. The summed E-state index contributed by atoms with van der Waals surface area (Å²) < 4.78 is 14.3. The standard InChI is InChI=1S/C16H14Br2FNO/c1-16(10-17,11-6-3-2-4-7-11)20-15(21)14-12(18)8-5-9-13(14)19/h2-9H,10H2,1H3,(H,20,21). The molecule has 1 N–H and O–H groups in total. The molecule has 21 heavy (non-hydrogen) atoms. The number of benzene rings is 2. The van der Waals surface area contributed by atoms with E-state index in [0.717, 1.165) is 5.56 Å². The lowest BCUT2D eigenvalue weighted by molar-refractivity contribution is 0.0909. The van der Waals surface area contributed by atoms with Gasteiger partial charge in [-0.05, 0) is 40.5 Å². The number of amides is 1. The Morgan fingerprint density at radius 3 is 2.43 bits per heavy atom. The molecule has 0 heterocycles. The van der Waals surface area contributed by atoms with Gasteiger partial charge in [0, 0.05) is 9.80 Å². The first-order valence-electron chi connectivity index (χ1n) is 6.36. The Bertz CT molecular complexity index is 628. The Labute approximate surface area is 140 Å². The van der Waals surface area contributed by atoms with E-state index in [1.165, 1.54) is 6.07 Å². The maximum absolute atomic E-state index is 13.9. The normalized spacial score (nSPS) is 13.5. The number of hydrogen-bond donors (Lipinski definition) is 1. The van der Waals surface area contributed by atoms with Crippen molar-refractivity contribution >= 4 is 37.8 Å². The van der Waals surface area contributed by atoms with Crippen molar-refractivity contribution in [3.8, 4) is 0 Å². The first kappa shape index (κ1) is 16.2. The van der Waals surface area contributed by atoms with Crippen molar-refractivity contribution in [1.29, 1.82) is 0 Å². The van der Waals surface area contributed by atoms with Crippen LogP contribution in [0.15, 0.2) is 53.0 Å². The molecular weight excluding hydrogens is 401 g/mol. The molecule has 0 bridgehead atoms. The molecule has 2 aromatic carbocycles. The number of carbonyl (C=O) groups is 1. The molecule has 0 saturated heterocycles. The van der Waals surface area contributed by atoms with E-state index in [-0.39, 0.29) is 5.56 Å². The third-order valence-corrected chi connectivity index (χ3v) is 5.04. The van der Waals surface area contributed by atoms with Crippen LogP contribution in [0.25, 0.3) is 0 Å². The fourth-order valence-corrected chi connectivity index (χ4v) is 3.00. The first-order valence-corrected chi connectivity index (χ1v) is 8.27. The quantitative estimate of drug-likeness (QED) is 0.726. The highest BCUT2D eigenvalue weighted by molar-refractivity contribution is 9.10. The molecule has 0 aliphatic carbocycles. The number of halogens is 3. The monoisotopic (exact) mass is 413 g/mol. The van der Waals surface area contributed by atoms with Crippen LogP contribution in [0.3, 0.4) is 0 Å². The molecule has 0 radical (unpaired) electrons. The fourth-order valence-electron chi connectivity index (χ4n) is 2.02. The van der Waals surface area contributed by atoms with Crippen LogP contribution >= 0.6 is 31.9 Å². The Morgan fingerprint density at radius 2 is 1.86 bits per heavy atom. The number of hydrogen-bond acceptors (Lipinski definition) is 1. The minimum absolute atomic E-state index is 0.0145. The van der Waals surface area contributed by atoms with E-state index in [0.29, 0.717) is 9.80 Å². The van der Waals surface area contributed by atoms with Crippen LogP contribution in [-0.4, -0.2) is 11.2 Å². The second kappa shape index (κ2) is 6.71. The van der Waals surface area contributed by atoms with Gasteiger partial charge in [0.15, 0.2) is 0 Å². The summed E-state index contributed by atoms with van der Waals surface area (Å²) in [7, 11) is 0. The highest BCUT2D eigenvalue weighted by Crippen LogP contribution is 2.26. The van der Waals surface area contributed by atoms with Crippen molar-refractivity contribution in [3.05, 3.63) is 69.9 Å². The molecule has 1 unspecified atom stereocenters. The predicted octanol–water partition coefficient (Wildman–Crippen LogP) is 4.63. The SMILES string of the molecule is CC(CBr)(NC(=O)c1c(F)cccc1Br)c1ccccc1. The van der Waals surface area contributed by atoms with Crippen molar-refractivity contribution < 1.29 is 9.18 Å². The van der Waals surface area contributed by atoms with Crippen LogP contribution < -0.4 is 5.32 Å². The minimum Gasteiger partial charge on any atom is -0.342 e. The maximum Gasteiger partial charge on any atom is 0.256 e. The summed E-state index contributed by atoms with van der Waals surface area (Å²) in [5.74, 6) is -1.00. The largest absolute Gasteiger partial charge is 0.342 e. The molecular formula is C16H14Br2FNO. The first-order chi connectivity index (χ1) is 9.98. The van der Waals surface area contributed by atoms with Crippen LogP contribution in [0.2, 0.25) is 0 Å². The zero-order valence-corrected chi connectivity index (χ0v) is 14.5. The Morgan fingerprint density at radius 1 is 1.19 bits per heavy atom. The van der Waals surface area contributed by atoms with E-state index in [2.05, 4.69) is 37.2 Å². The predicted molar refractivity (Wildman–Crippen MR) is 89.2 cm³/mol. The highest BCUT2D eigenvalue weighted by Gasteiger charge is 2.29. The molecule has 5 heteroatoms. The smallest absolute Gasteiger partial charge is 0.256 e. The van der Waals surface area contributed by atoms with Gasteiger partial charge in [-0.15, -0.1) is 0 Å². The molecule has 0 aliphatic heterocycles. The summed E-state index contributed by atoms with van der Waals surface area (Å²) in [5.41, 5.74) is 0.336. The highest BCUT2D eigenvalue weighted by atomic mass is 79.9. The van der Waals surface area contributed by atoms with Gasteiger partial charge in [-0.1, -0.05) is 52.3 Å². The Balaban J connectivity index is 2.33. The maximum atomic E-state index is 13.9. The molecule has 0 aliphatic rings. The topological polar surface area (TPSA) is 29.1 Å². The summed E-state index contributed by atoms with van der Waals surface area (Å²) in [6, 6.07) is 14.0. The molecule has 1 amide bonds. The van der Waals surface area contributed by atoms with Gasteiger partial charge in [-0.2, -0.15) is 0 Å². The van der Waals surface area contributed by atoms with E-state index >= 15 is 0 Å². The molecule has 0 spiro atoms. The fraction of sp³-hybridized carbons (Fsp3) is 0.188. The number of alkyl halides is 1. The molecule has 2 rings (SSSR count). The van der Waals surface area contributed by atoms with E-state index in [9.17, 15) is 9.18 Å². The van der Waals surface area contributed by atoms with Crippen molar-refractivity contribution in [1.82, 2.24) is 5.32 Å². The van der Waals surface area contributed by atoms with Crippen LogP contribution in [-0.2, 0) is 5.54 Å². The summed E-state index contributed by atoms with van der Waals surface area (Å²) in [4.78, 5) is 12.4. The summed E-state index contributed by atoms with van der Waals surface area (Å²) in [5, 5.41) is 3.42. The van der Waals surface area contributed by atoms with Crippen LogP contribution in [0.1, 0.15) is 22.8 Å². The second-order valence-electron chi connectivity index (χ2n) is 4.88. The minimum atomic E-state index is -0.625. The third-order valence-electron chi connectivity index (χ3n) is 3.26. The van der Waals surface area contributed by atoms with Gasteiger partial charge in [0.25, 0.3) is 5.91 Å². The zero-order valence-electron chi connectivity index (χ0n) is 11.4. The molecule has 1 atom stereocenters. The Kier molecular flexibility index (Phi) is 5.17. The summed E-state index contributed by atoms with van der Waals surface area (Å²) in [6.45, 7) is 1.89. The van der Waals surface area contributed by atoms with Crippen LogP contribution in [0.4, 0.5) is 4.39 Å². The van der Waals surface area contributed by atoms with Gasteiger partial charge in [0.05, 0.1) is 11.1 Å².